The Morgan fingerprint density at radius 1 is 1.91 bits per heavy atom. The average Bonchev–Trinajstić information content (AvgIpc) is 2.34. The molecule has 1 N–H and O–H groups in total. The number of ketones is 1. The van der Waals surface area contributed by atoms with Gasteiger partial charge in [-0.3, -0.25) is 4.79 Å². The lowest BCUT2D eigenvalue weighted by atomic mass is 10.2. The van der Waals surface area contributed by atoms with Crippen LogP contribution in [0.25, 0.3) is 0 Å². The first kappa shape index (κ1) is 8.27. The maximum atomic E-state index is 10.6. The minimum atomic E-state index is -0.0967. The molecule has 1 fully saturated rings. The van der Waals surface area contributed by atoms with Gasteiger partial charge in [-0.05, 0) is 13.3 Å². The van der Waals surface area contributed by atoms with Crippen molar-refractivity contribution in [1.82, 2.24) is 0 Å². The molecular formula is C8H12O3. The van der Waals surface area contributed by atoms with Crippen LogP contribution in [0.15, 0.2) is 11.8 Å². The van der Waals surface area contributed by atoms with Crippen molar-refractivity contribution in [3.05, 3.63) is 11.8 Å². The van der Waals surface area contributed by atoms with Crippen LogP contribution in [0, 0.1) is 0 Å². The maximum Gasteiger partial charge on any atom is 0.155 e. The Labute approximate surface area is 65.7 Å². The van der Waals surface area contributed by atoms with Crippen LogP contribution in [0.4, 0.5) is 0 Å². The van der Waals surface area contributed by atoms with Gasteiger partial charge in [-0.1, -0.05) is 0 Å². The molecule has 3 heteroatoms. The van der Waals surface area contributed by atoms with E-state index in [4.69, 9.17) is 9.84 Å². The quantitative estimate of drug-likeness (QED) is 0.596. The van der Waals surface area contributed by atoms with Gasteiger partial charge < -0.3 is 9.84 Å². The number of ether oxygens (including phenoxy) is 1. The predicted molar refractivity (Wildman–Crippen MR) is 40.0 cm³/mol. The van der Waals surface area contributed by atoms with E-state index in [1.54, 1.807) is 0 Å². The highest BCUT2D eigenvalue weighted by Crippen LogP contribution is 2.22. The molecular weight excluding hydrogens is 144 g/mol. The zero-order valence-corrected chi connectivity index (χ0v) is 6.54. The van der Waals surface area contributed by atoms with Crippen molar-refractivity contribution in [2.24, 2.45) is 0 Å². The number of hydrogen-bond donors (Lipinski definition) is 1. The number of carbonyl (C=O) groups is 1. The van der Waals surface area contributed by atoms with Crippen molar-refractivity contribution in [1.29, 1.82) is 0 Å². The highest BCUT2D eigenvalue weighted by molar-refractivity contribution is 5.87. The Kier molecular flexibility index (Phi) is 2.65. The number of allylic oxidation sites excluding steroid dienone is 2. The molecule has 0 aliphatic carbocycles. The first-order valence-electron chi connectivity index (χ1n) is 3.71. The molecule has 1 rings (SSSR count). The van der Waals surface area contributed by atoms with E-state index in [9.17, 15) is 4.79 Å². The van der Waals surface area contributed by atoms with Crippen molar-refractivity contribution in [2.45, 2.75) is 25.9 Å². The SMILES string of the molecule is CC(=O)/C=C1\CCC(CO)O1. The molecule has 62 valence electrons. The third-order valence-electron chi connectivity index (χ3n) is 1.60. The molecule has 1 atom stereocenters. The van der Waals surface area contributed by atoms with E-state index in [2.05, 4.69) is 0 Å². The van der Waals surface area contributed by atoms with Crippen LogP contribution in [0.2, 0.25) is 0 Å². The lowest BCUT2D eigenvalue weighted by Crippen LogP contribution is -2.09. The molecule has 1 saturated heterocycles. The summed E-state index contributed by atoms with van der Waals surface area (Å²) in [4.78, 5) is 10.6. The zero-order chi connectivity index (χ0) is 8.27. The smallest absolute Gasteiger partial charge is 0.155 e. The van der Waals surface area contributed by atoms with Gasteiger partial charge in [0.1, 0.15) is 11.9 Å². The third-order valence-corrected chi connectivity index (χ3v) is 1.60. The molecule has 0 amide bonds. The fraction of sp³-hybridized carbons (Fsp3) is 0.625. The van der Waals surface area contributed by atoms with Gasteiger partial charge in [-0.2, -0.15) is 0 Å². The van der Waals surface area contributed by atoms with Crippen LogP contribution < -0.4 is 0 Å². The molecule has 0 aromatic rings. The summed E-state index contributed by atoms with van der Waals surface area (Å²) in [5.41, 5.74) is 0. The van der Waals surface area contributed by atoms with Gasteiger partial charge in [-0.15, -0.1) is 0 Å². The Morgan fingerprint density at radius 3 is 3.09 bits per heavy atom. The molecule has 0 bridgehead atoms. The van der Waals surface area contributed by atoms with Gasteiger partial charge in [0.05, 0.1) is 6.61 Å². The molecule has 1 heterocycles. The first-order valence-corrected chi connectivity index (χ1v) is 3.71. The Bertz CT molecular complexity index is 184. The number of aliphatic hydroxyl groups is 1. The van der Waals surface area contributed by atoms with Gasteiger partial charge >= 0.3 is 0 Å². The predicted octanol–water partition coefficient (Wildman–Crippen LogP) is 0.631. The molecule has 3 nitrogen and oxygen atoms in total. The fourth-order valence-corrected chi connectivity index (χ4v) is 1.10. The summed E-state index contributed by atoms with van der Waals surface area (Å²) >= 11 is 0. The van der Waals surface area contributed by atoms with E-state index in [0.29, 0.717) is 5.76 Å². The topological polar surface area (TPSA) is 46.5 Å². The number of rotatable bonds is 2. The van der Waals surface area contributed by atoms with Crippen LogP contribution in [-0.4, -0.2) is 23.6 Å². The average molecular weight is 156 g/mol. The molecule has 0 radical (unpaired) electrons. The van der Waals surface area contributed by atoms with Gasteiger partial charge in [0.25, 0.3) is 0 Å². The standard InChI is InChI=1S/C8H12O3/c1-6(10)4-7-2-3-8(5-9)11-7/h4,8-9H,2-3,5H2,1H3/b7-4+. The molecule has 1 aliphatic rings. The Morgan fingerprint density at radius 2 is 2.64 bits per heavy atom. The van der Waals surface area contributed by atoms with E-state index >= 15 is 0 Å². The summed E-state index contributed by atoms with van der Waals surface area (Å²) < 4.78 is 5.21. The largest absolute Gasteiger partial charge is 0.492 e. The van der Waals surface area contributed by atoms with Crippen LogP contribution >= 0.6 is 0 Å². The summed E-state index contributed by atoms with van der Waals surface area (Å²) in [6, 6.07) is 0. The number of aliphatic hydroxyl groups excluding tert-OH is 1. The zero-order valence-electron chi connectivity index (χ0n) is 6.54. The maximum absolute atomic E-state index is 10.6. The molecule has 1 aliphatic heterocycles. The number of hydrogen-bond acceptors (Lipinski definition) is 3. The van der Waals surface area contributed by atoms with Crippen molar-refractivity contribution in [3.63, 3.8) is 0 Å². The van der Waals surface area contributed by atoms with Crippen LogP contribution in [0.3, 0.4) is 0 Å². The van der Waals surface area contributed by atoms with Gasteiger partial charge in [0, 0.05) is 12.5 Å². The molecule has 0 aromatic heterocycles. The van der Waals surface area contributed by atoms with E-state index < -0.39 is 0 Å². The monoisotopic (exact) mass is 156 g/mol. The lowest BCUT2D eigenvalue weighted by Gasteiger charge is -2.04. The lowest BCUT2D eigenvalue weighted by molar-refractivity contribution is -0.112. The number of carbonyl (C=O) groups excluding carboxylic acids is 1. The highest BCUT2D eigenvalue weighted by atomic mass is 16.5. The summed E-state index contributed by atoms with van der Waals surface area (Å²) in [6.45, 7) is 1.53. The normalized spacial score (nSPS) is 27.1. The van der Waals surface area contributed by atoms with Gasteiger partial charge in [0.15, 0.2) is 5.78 Å². The van der Waals surface area contributed by atoms with E-state index in [0.717, 1.165) is 12.8 Å². The van der Waals surface area contributed by atoms with Gasteiger partial charge in [-0.25, -0.2) is 0 Å². The van der Waals surface area contributed by atoms with Crippen molar-refractivity contribution < 1.29 is 14.6 Å². The molecule has 0 spiro atoms. The minimum absolute atomic E-state index is 0.00131. The van der Waals surface area contributed by atoms with E-state index in [-0.39, 0.29) is 18.5 Å². The first-order chi connectivity index (χ1) is 5.22. The van der Waals surface area contributed by atoms with Crippen molar-refractivity contribution in [2.75, 3.05) is 6.61 Å². The Hall–Kier alpha value is -0.830. The van der Waals surface area contributed by atoms with Crippen LogP contribution in [0.1, 0.15) is 19.8 Å². The summed E-state index contributed by atoms with van der Waals surface area (Å²) in [6.07, 6.45) is 2.97. The molecule has 1 unspecified atom stereocenters. The summed E-state index contributed by atoms with van der Waals surface area (Å²) in [7, 11) is 0. The van der Waals surface area contributed by atoms with Crippen LogP contribution in [-0.2, 0) is 9.53 Å². The summed E-state index contributed by atoms with van der Waals surface area (Å²) in [5, 5.41) is 8.68. The second kappa shape index (κ2) is 3.53. The van der Waals surface area contributed by atoms with Gasteiger partial charge in [0.2, 0.25) is 0 Å². The fourth-order valence-electron chi connectivity index (χ4n) is 1.10. The van der Waals surface area contributed by atoms with Crippen LogP contribution in [0.5, 0.6) is 0 Å². The molecule has 0 saturated carbocycles. The van der Waals surface area contributed by atoms with Crippen molar-refractivity contribution in [3.8, 4) is 0 Å². The molecule has 11 heavy (non-hydrogen) atoms. The van der Waals surface area contributed by atoms with E-state index in [1.165, 1.54) is 13.0 Å². The van der Waals surface area contributed by atoms with Crippen molar-refractivity contribution >= 4 is 5.78 Å². The molecule has 0 aromatic carbocycles. The van der Waals surface area contributed by atoms with E-state index in [1.807, 2.05) is 0 Å². The summed E-state index contributed by atoms with van der Waals surface area (Å²) in [5.74, 6) is 0.704. The second-order valence-corrected chi connectivity index (χ2v) is 2.68. The highest BCUT2D eigenvalue weighted by Gasteiger charge is 2.19. The minimum Gasteiger partial charge on any atom is -0.492 e. The third kappa shape index (κ3) is 2.35. The second-order valence-electron chi connectivity index (χ2n) is 2.68. The Balaban J connectivity index is 2.47.